The molecule has 0 fully saturated rings. The summed E-state index contributed by atoms with van der Waals surface area (Å²) in [4.78, 5) is 11.7. The van der Waals surface area contributed by atoms with Gasteiger partial charge < -0.3 is 9.47 Å². The Balaban J connectivity index is 2.06. The van der Waals surface area contributed by atoms with E-state index in [0.717, 1.165) is 33.8 Å². The summed E-state index contributed by atoms with van der Waals surface area (Å²) in [7, 11) is 3.03. The molecular weight excluding hydrogens is 316 g/mol. The number of methoxy groups -OCH3 is 2. The lowest BCUT2D eigenvalue weighted by atomic mass is 10.1. The Hall–Kier alpha value is -3.08. The number of benzene rings is 2. The summed E-state index contributed by atoms with van der Waals surface area (Å²) in [5.41, 5.74) is 4.67. The van der Waals surface area contributed by atoms with Gasteiger partial charge in [-0.25, -0.2) is 0 Å². The molecule has 128 valence electrons. The molecule has 0 radical (unpaired) electrons. The molecule has 1 aromatic heterocycles. The molecular formula is C20H20N2O3. The molecule has 0 N–H and O–H groups in total. The van der Waals surface area contributed by atoms with Crippen LogP contribution in [0.3, 0.4) is 0 Å². The van der Waals surface area contributed by atoms with Crippen LogP contribution in [-0.4, -0.2) is 30.0 Å². The largest absolute Gasteiger partial charge is 0.496 e. The second-order valence-corrected chi connectivity index (χ2v) is 5.70. The van der Waals surface area contributed by atoms with Crippen LogP contribution in [0.15, 0.2) is 54.6 Å². The van der Waals surface area contributed by atoms with Gasteiger partial charge in [0.2, 0.25) is 0 Å². The van der Waals surface area contributed by atoms with Gasteiger partial charge in [0, 0.05) is 5.56 Å². The zero-order valence-electron chi connectivity index (χ0n) is 14.5. The smallest absolute Gasteiger partial charge is 0.327 e. The molecule has 0 atom stereocenters. The molecule has 0 bridgehead atoms. The van der Waals surface area contributed by atoms with Gasteiger partial charge in [0.05, 0.1) is 25.6 Å². The topological polar surface area (TPSA) is 53.4 Å². The fraction of sp³-hybridized carbons (Fsp3) is 0.200. The van der Waals surface area contributed by atoms with Crippen molar-refractivity contribution in [1.82, 2.24) is 9.78 Å². The van der Waals surface area contributed by atoms with Crippen LogP contribution in [0.25, 0.3) is 22.5 Å². The number of carbonyl (C=O) groups is 1. The highest BCUT2D eigenvalue weighted by Gasteiger charge is 2.15. The van der Waals surface area contributed by atoms with Gasteiger partial charge in [-0.1, -0.05) is 30.3 Å². The van der Waals surface area contributed by atoms with Crippen LogP contribution in [0, 0.1) is 6.92 Å². The molecule has 1 heterocycles. The van der Waals surface area contributed by atoms with Crippen molar-refractivity contribution in [2.75, 3.05) is 14.2 Å². The van der Waals surface area contributed by atoms with E-state index < -0.39 is 0 Å². The number of hydrogen-bond donors (Lipinski definition) is 0. The average Bonchev–Trinajstić information content (AvgIpc) is 3.06. The summed E-state index contributed by atoms with van der Waals surface area (Å²) < 4.78 is 11.8. The predicted octanol–water partition coefficient (Wildman–Crippen LogP) is 3.71. The third kappa shape index (κ3) is 3.55. The van der Waals surface area contributed by atoms with E-state index in [4.69, 9.17) is 9.47 Å². The second kappa shape index (κ2) is 7.21. The summed E-state index contributed by atoms with van der Waals surface area (Å²) in [5.74, 6) is 0.499. The maximum atomic E-state index is 11.7. The lowest BCUT2D eigenvalue weighted by Crippen LogP contribution is -2.13. The SMILES string of the molecule is COC(=O)Cn1nc(-c2ccc(OC)c(C)c2)cc1-c1ccccc1. The van der Waals surface area contributed by atoms with Crippen LogP contribution >= 0.6 is 0 Å². The summed E-state index contributed by atoms with van der Waals surface area (Å²) in [6, 6.07) is 17.8. The van der Waals surface area contributed by atoms with Gasteiger partial charge in [0.1, 0.15) is 12.3 Å². The van der Waals surface area contributed by atoms with Gasteiger partial charge in [-0.05, 0) is 42.3 Å². The molecule has 0 saturated carbocycles. The summed E-state index contributed by atoms with van der Waals surface area (Å²) >= 11 is 0. The number of carbonyl (C=O) groups excluding carboxylic acids is 1. The van der Waals surface area contributed by atoms with Crippen molar-refractivity contribution in [2.24, 2.45) is 0 Å². The van der Waals surface area contributed by atoms with Crippen LogP contribution in [0.2, 0.25) is 0 Å². The Kier molecular flexibility index (Phi) is 4.84. The van der Waals surface area contributed by atoms with E-state index in [2.05, 4.69) is 5.10 Å². The molecule has 0 amide bonds. The Labute approximate surface area is 146 Å². The zero-order valence-corrected chi connectivity index (χ0v) is 14.5. The summed E-state index contributed by atoms with van der Waals surface area (Å²) in [5, 5.41) is 4.62. The first kappa shape index (κ1) is 16.8. The van der Waals surface area contributed by atoms with Gasteiger partial charge in [-0.15, -0.1) is 0 Å². The van der Waals surface area contributed by atoms with Crippen LogP contribution in [0.5, 0.6) is 5.75 Å². The van der Waals surface area contributed by atoms with Gasteiger partial charge >= 0.3 is 5.97 Å². The highest BCUT2D eigenvalue weighted by Crippen LogP contribution is 2.29. The molecule has 2 aromatic carbocycles. The van der Waals surface area contributed by atoms with Crippen LogP contribution in [0.4, 0.5) is 0 Å². The van der Waals surface area contributed by atoms with Gasteiger partial charge in [0.25, 0.3) is 0 Å². The first-order valence-electron chi connectivity index (χ1n) is 7.97. The minimum atomic E-state index is -0.335. The monoisotopic (exact) mass is 336 g/mol. The summed E-state index contributed by atoms with van der Waals surface area (Å²) in [6.45, 7) is 2.06. The third-order valence-corrected chi connectivity index (χ3v) is 4.05. The summed E-state index contributed by atoms with van der Waals surface area (Å²) in [6.07, 6.45) is 0. The molecule has 0 aliphatic rings. The number of ether oxygens (including phenoxy) is 2. The van der Waals surface area contributed by atoms with E-state index in [9.17, 15) is 4.79 Å². The average molecular weight is 336 g/mol. The highest BCUT2D eigenvalue weighted by atomic mass is 16.5. The Morgan fingerprint density at radius 2 is 1.80 bits per heavy atom. The van der Waals surface area contributed by atoms with E-state index in [1.807, 2.05) is 61.5 Å². The lowest BCUT2D eigenvalue weighted by molar-refractivity contribution is -0.141. The van der Waals surface area contributed by atoms with Crippen molar-refractivity contribution in [2.45, 2.75) is 13.5 Å². The molecule has 0 aliphatic carbocycles. The van der Waals surface area contributed by atoms with E-state index >= 15 is 0 Å². The molecule has 0 spiro atoms. The quantitative estimate of drug-likeness (QED) is 0.667. The van der Waals surface area contributed by atoms with Crippen molar-refractivity contribution in [1.29, 1.82) is 0 Å². The number of aromatic nitrogens is 2. The number of nitrogens with zero attached hydrogens (tertiary/aromatic N) is 2. The van der Waals surface area contributed by atoms with E-state index in [0.29, 0.717) is 0 Å². The minimum Gasteiger partial charge on any atom is -0.496 e. The van der Waals surface area contributed by atoms with E-state index in [-0.39, 0.29) is 12.5 Å². The van der Waals surface area contributed by atoms with Crippen molar-refractivity contribution in [3.05, 3.63) is 60.2 Å². The third-order valence-electron chi connectivity index (χ3n) is 4.05. The second-order valence-electron chi connectivity index (χ2n) is 5.70. The fourth-order valence-corrected chi connectivity index (χ4v) is 2.74. The minimum absolute atomic E-state index is 0.0653. The van der Waals surface area contributed by atoms with Gasteiger partial charge in [0.15, 0.2) is 0 Å². The van der Waals surface area contributed by atoms with Crippen LogP contribution in [-0.2, 0) is 16.1 Å². The highest BCUT2D eigenvalue weighted by molar-refractivity contribution is 5.73. The standard InChI is InChI=1S/C20H20N2O3/c1-14-11-16(9-10-19(14)24-2)17-12-18(15-7-5-4-6-8-15)22(21-17)13-20(23)25-3/h4-12H,13H2,1-3H3. The number of hydrogen-bond acceptors (Lipinski definition) is 4. The molecule has 0 unspecified atom stereocenters. The Morgan fingerprint density at radius 1 is 1.04 bits per heavy atom. The molecule has 3 rings (SSSR count). The van der Waals surface area contributed by atoms with Gasteiger partial charge in [-0.3, -0.25) is 9.48 Å². The molecule has 3 aromatic rings. The maximum Gasteiger partial charge on any atom is 0.327 e. The van der Waals surface area contributed by atoms with Crippen molar-refractivity contribution in [3.8, 4) is 28.3 Å². The normalized spacial score (nSPS) is 10.5. The predicted molar refractivity (Wildman–Crippen MR) is 96.4 cm³/mol. The number of aryl methyl sites for hydroxylation is 1. The maximum absolute atomic E-state index is 11.7. The Bertz CT molecular complexity index is 885. The van der Waals surface area contributed by atoms with Crippen LogP contribution in [0.1, 0.15) is 5.56 Å². The van der Waals surface area contributed by atoms with Crippen molar-refractivity contribution < 1.29 is 14.3 Å². The van der Waals surface area contributed by atoms with Crippen molar-refractivity contribution in [3.63, 3.8) is 0 Å². The number of rotatable bonds is 5. The first-order chi connectivity index (χ1) is 12.1. The van der Waals surface area contributed by atoms with Crippen LogP contribution < -0.4 is 4.74 Å². The molecule has 0 aliphatic heterocycles. The lowest BCUT2D eigenvalue weighted by Gasteiger charge is -2.06. The molecule has 0 saturated heterocycles. The first-order valence-corrected chi connectivity index (χ1v) is 7.97. The van der Waals surface area contributed by atoms with Gasteiger partial charge in [-0.2, -0.15) is 5.10 Å². The van der Waals surface area contributed by atoms with E-state index in [1.165, 1.54) is 7.11 Å². The van der Waals surface area contributed by atoms with Crippen molar-refractivity contribution >= 4 is 5.97 Å². The fourth-order valence-electron chi connectivity index (χ4n) is 2.74. The van der Waals surface area contributed by atoms with E-state index in [1.54, 1.807) is 11.8 Å². The molecule has 5 nitrogen and oxygen atoms in total. The number of esters is 1. The Morgan fingerprint density at radius 3 is 2.44 bits per heavy atom. The zero-order chi connectivity index (χ0) is 17.8. The molecule has 25 heavy (non-hydrogen) atoms. The molecule has 5 heteroatoms.